The summed E-state index contributed by atoms with van der Waals surface area (Å²) in [7, 11) is 0. The molecule has 2 heterocycles. The van der Waals surface area contributed by atoms with Crippen molar-refractivity contribution in [1.82, 2.24) is 0 Å². The lowest BCUT2D eigenvalue weighted by atomic mass is 9.89. The van der Waals surface area contributed by atoms with Crippen molar-refractivity contribution < 1.29 is 14.6 Å². The van der Waals surface area contributed by atoms with Crippen LogP contribution in [0.5, 0.6) is 5.75 Å². The van der Waals surface area contributed by atoms with Crippen molar-refractivity contribution in [2.75, 3.05) is 0 Å². The van der Waals surface area contributed by atoms with Gasteiger partial charge in [-0.2, -0.15) is 4.73 Å². The molecule has 1 aliphatic heterocycles. The molecule has 0 unspecified atom stereocenters. The number of fused-ring (bicyclic) bond motifs is 3. The topological polar surface area (TPSA) is 56.4 Å². The average Bonchev–Trinajstić information content (AvgIpc) is 3.12. The number of pyridine rings is 1. The first-order valence-electron chi connectivity index (χ1n) is 10.5. The second-order valence-electron chi connectivity index (χ2n) is 8.78. The van der Waals surface area contributed by atoms with Gasteiger partial charge < -0.3 is 15.1 Å². The summed E-state index contributed by atoms with van der Waals surface area (Å²) in [5.74, 6) is 0.637. The van der Waals surface area contributed by atoms with Crippen LogP contribution in [0.2, 0.25) is 0 Å². The summed E-state index contributed by atoms with van der Waals surface area (Å²) in [5.41, 5.74) is 3.99. The molecule has 2 aromatic rings. The highest BCUT2D eigenvalue weighted by Gasteiger charge is 2.41. The second-order valence-corrected chi connectivity index (χ2v) is 8.78. The Kier molecular flexibility index (Phi) is 6.33. The van der Waals surface area contributed by atoms with Gasteiger partial charge in [0.05, 0.1) is 11.0 Å². The predicted octanol–water partition coefficient (Wildman–Crippen LogP) is 5.31. The Labute approximate surface area is 174 Å². The molecular formula is C25H33NO3. The van der Waals surface area contributed by atoms with Gasteiger partial charge in [-0.25, -0.2) is 0 Å². The Morgan fingerprint density at radius 1 is 1.24 bits per heavy atom. The average molecular weight is 396 g/mol. The van der Waals surface area contributed by atoms with Crippen molar-refractivity contribution in [3.05, 3.63) is 64.0 Å². The van der Waals surface area contributed by atoms with Gasteiger partial charge in [0, 0.05) is 25.0 Å². The number of ether oxygens (including phenoxy) is 1. The van der Waals surface area contributed by atoms with E-state index in [1.54, 1.807) is 6.92 Å². The standard InChI is InChI=1S/C25H33NO3/c1-17(2)10-8-11-18(3)12-9-15-25(5,27)23-16-21-20-13-6-7-14-22(20)26(28)19(4)24(21)29-23/h6-7,10,12-14,23,27H,8-9,11,15-16H2,1-5H3/b18-12+/t23-,25+/m1/s1. The summed E-state index contributed by atoms with van der Waals surface area (Å²) in [6.45, 7) is 10.0. The van der Waals surface area contributed by atoms with Gasteiger partial charge in [0.2, 0.25) is 11.2 Å². The smallest absolute Gasteiger partial charge is 0.232 e. The molecule has 0 saturated carbocycles. The highest BCUT2D eigenvalue weighted by atomic mass is 16.5. The molecule has 4 heteroatoms. The molecule has 1 N–H and O–H groups in total. The van der Waals surface area contributed by atoms with Crippen LogP contribution >= 0.6 is 0 Å². The SMILES string of the molecule is CC(C)=CCC/C(C)=C/CC[C@](C)(O)[C@H]1Cc2c(c(C)[n+]([O-])c3ccccc23)O1. The van der Waals surface area contributed by atoms with Crippen molar-refractivity contribution >= 4 is 10.9 Å². The molecule has 0 radical (unpaired) electrons. The van der Waals surface area contributed by atoms with E-state index in [2.05, 4.69) is 32.9 Å². The van der Waals surface area contributed by atoms with Crippen LogP contribution in [0.3, 0.4) is 0 Å². The Bertz CT molecular complexity index is 952. The zero-order chi connectivity index (χ0) is 21.2. The van der Waals surface area contributed by atoms with Crippen molar-refractivity contribution in [3.63, 3.8) is 0 Å². The van der Waals surface area contributed by atoms with Gasteiger partial charge in [0.15, 0.2) is 5.75 Å². The van der Waals surface area contributed by atoms with Crippen LogP contribution < -0.4 is 9.47 Å². The van der Waals surface area contributed by atoms with Crippen molar-refractivity contribution in [2.24, 2.45) is 0 Å². The molecular weight excluding hydrogens is 362 g/mol. The number of hydrogen-bond acceptors (Lipinski definition) is 3. The summed E-state index contributed by atoms with van der Waals surface area (Å²) >= 11 is 0. The molecule has 3 rings (SSSR count). The number of allylic oxidation sites excluding steroid dienone is 4. The lowest BCUT2D eigenvalue weighted by Crippen LogP contribution is -2.42. The second kappa shape index (κ2) is 8.58. The van der Waals surface area contributed by atoms with Gasteiger partial charge in [-0.15, -0.1) is 0 Å². The largest absolute Gasteiger partial charge is 0.618 e. The highest BCUT2D eigenvalue weighted by molar-refractivity contribution is 5.82. The van der Waals surface area contributed by atoms with Gasteiger partial charge in [0.1, 0.15) is 6.10 Å². The van der Waals surface area contributed by atoms with Crippen molar-refractivity contribution in [3.8, 4) is 5.75 Å². The Morgan fingerprint density at radius 3 is 2.69 bits per heavy atom. The van der Waals surface area contributed by atoms with E-state index in [4.69, 9.17) is 4.74 Å². The normalized spacial score (nSPS) is 18.3. The fourth-order valence-electron chi connectivity index (χ4n) is 4.06. The molecule has 0 spiro atoms. The van der Waals surface area contributed by atoms with Gasteiger partial charge in [0.25, 0.3) is 0 Å². The third-order valence-corrected chi connectivity index (χ3v) is 5.93. The third-order valence-electron chi connectivity index (χ3n) is 5.93. The summed E-state index contributed by atoms with van der Waals surface area (Å²) in [6.07, 6.45) is 8.30. The maximum Gasteiger partial charge on any atom is 0.232 e. The maximum absolute atomic E-state index is 12.6. The highest BCUT2D eigenvalue weighted by Crippen LogP contribution is 2.39. The van der Waals surface area contributed by atoms with E-state index in [0.717, 1.165) is 34.9 Å². The minimum absolute atomic E-state index is 0.346. The number of aliphatic hydroxyl groups is 1. The van der Waals surface area contributed by atoms with Crippen LogP contribution in [0.1, 0.15) is 64.6 Å². The fraction of sp³-hybridized carbons (Fsp3) is 0.480. The molecule has 1 aromatic heterocycles. The summed E-state index contributed by atoms with van der Waals surface area (Å²) in [6, 6.07) is 7.61. The van der Waals surface area contributed by atoms with E-state index in [1.165, 1.54) is 11.1 Å². The van der Waals surface area contributed by atoms with E-state index < -0.39 is 5.60 Å². The quantitative estimate of drug-likeness (QED) is 0.393. The minimum atomic E-state index is -0.961. The fourth-order valence-corrected chi connectivity index (χ4v) is 4.06. The Morgan fingerprint density at radius 2 is 1.97 bits per heavy atom. The zero-order valence-electron chi connectivity index (χ0n) is 18.3. The first-order valence-corrected chi connectivity index (χ1v) is 10.5. The first kappa shape index (κ1) is 21.4. The van der Waals surface area contributed by atoms with Crippen LogP contribution in [0, 0.1) is 12.1 Å². The molecule has 0 bridgehead atoms. The summed E-state index contributed by atoms with van der Waals surface area (Å²) < 4.78 is 7.08. The van der Waals surface area contributed by atoms with Crippen LogP contribution in [-0.4, -0.2) is 16.8 Å². The van der Waals surface area contributed by atoms with E-state index >= 15 is 0 Å². The first-order chi connectivity index (χ1) is 13.7. The molecule has 1 aliphatic rings. The van der Waals surface area contributed by atoms with Crippen LogP contribution in [0.4, 0.5) is 0 Å². The minimum Gasteiger partial charge on any atom is -0.618 e. The van der Waals surface area contributed by atoms with Crippen LogP contribution in [0.15, 0.2) is 47.6 Å². The number of benzene rings is 1. The molecule has 4 nitrogen and oxygen atoms in total. The molecule has 1 aromatic carbocycles. The lowest BCUT2D eigenvalue weighted by molar-refractivity contribution is -0.584. The van der Waals surface area contributed by atoms with Gasteiger partial charge in [-0.3, -0.25) is 0 Å². The zero-order valence-corrected chi connectivity index (χ0v) is 18.3. The van der Waals surface area contributed by atoms with E-state index in [0.29, 0.717) is 29.8 Å². The molecule has 2 atom stereocenters. The van der Waals surface area contributed by atoms with Crippen molar-refractivity contribution in [2.45, 2.75) is 78.4 Å². The molecule has 0 fully saturated rings. The lowest BCUT2D eigenvalue weighted by Gasteiger charge is -2.29. The van der Waals surface area contributed by atoms with Crippen molar-refractivity contribution in [1.29, 1.82) is 0 Å². The van der Waals surface area contributed by atoms with Crippen LogP contribution in [-0.2, 0) is 6.42 Å². The number of hydrogen-bond donors (Lipinski definition) is 1. The Balaban J connectivity index is 1.70. The number of aromatic nitrogens is 1. The predicted molar refractivity (Wildman–Crippen MR) is 118 cm³/mol. The monoisotopic (exact) mass is 395 g/mol. The van der Waals surface area contributed by atoms with E-state index in [9.17, 15) is 10.3 Å². The molecule has 0 amide bonds. The van der Waals surface area contributed by atoms with Gasteiger partial charge in [-0.1, -0.05) is 35.4 Å². The van der Waals surface area contributed by atoms with Gasteiger partial charge in [-0.05, 0) is 59.4 Å². The Hall–Kier alpha value is -2.33. The van der Waals surface area contributed by atoms with Crippen LogP contribution in [0.25, 0.3) is 10.9 Å². The molecule has 0 aliphatic carbocycles. The summed E-state index contributed by atoms with van der Waals surface area (Å²) in [4.78, 5) is 0. The number of nitrogens with zero attached hydrogens (tertiary/aromatic N) is 1. The third kappa shape index (κ3) is 4.64. The molecule has 0 saturated heterocycles. The van der Waals surface area contributed by atoms with Gasteiger partial charge >= 0.3 is 0 Å². The van der Waals surface area contributed by atoms with E-state index in [-0.39, 0.29) is 6.10 Å². The van der Waals surface area contributed by atoms with E-state index in [1.807, 2.05) is 31.2 Å². The molecule has 29 heavy (non-hydrogen) atoms. The number of para-hydroxylation sites is 1. The molecule has 156 valence electrons. The summed E-state index contributed by atoms with van der Waals surface area (Å²) in [5, 5.41) is 24.6. The maximum atomic E-state index is 12.6. The number of rotatable bonds is 7.